The first kappa shape index (κ1) is 13.5. The van der Waals surface area contributed by atoms with Crippen LogP contribution in [0.15, 0.2) is 24.4 Å². The van der Waals surface area contributed by atoms with E-state index >= 15 is 0 Å². The Bertz CT molecular complexity index is 475. The topological polar surface area (TPSA) is 45.7 Å². The van der Waals surface area contributed by atoms with Crippen LogP contribution in [0, 0.1) is 0 Å². The quantitative estimate of drug-likeness (QED) is 0.767. The van der Waals surface area contributed by atoms with Crippen LogP contribution in [0.25, 0.3) is 0 Å². The molecule has 1 aromatic heterocycles. The first-order valence-corrected chi connectivity index (χ1v) is 7.21. The molecule has 1 atom stereocenters. The summed E-state index contributed by atoms with van der Waals surface area (Å²) >= 11 is 0. The van der Waals surface area contributed by atoms with Gasteiger partial charge in [-0.2, -0.15) is 0 Å². The number of piperidine rings is 1. The molecule has 2 aliphatic rings. The van der Waals surface area contributed by atoms with Gasteiger partial charge in [0.25, 0.3) is 5.91 Å². The van der Waals surface area contributed by atoms with Gasteiger partial charge in [-0.3, -0.25) is 9.78 Å². The molecule has 0 saturated carbocycles. The van der Waals surface area contributed by atoms with Crippen LogP contribution in [-0.4, -0.2) is 66.1 Å². The molecule has 0 radical (unpaired) electrons. The lowest BCUT2D eigenvalue weighted by atomic mass is 9.90. The second-order valence-corrected chi connectivity index (χ2v) is 5.81. The van der Waals surface area contributed by atoms with E-state index in [0.29, 0.717) is 12.2 Å². The summed E-state index contributed by atoms with van der Waals surface area (Å²) in [5.41, 5.74) is 0.337. The summed E-state index contributed by atoms with van der Waals surface area (Å²) in [7, 11) is 2.11. The van der Waals surface area contributed by atoms with E-state index in [1.165, 1.54) is 0 Å². The highest BCUT2D eigenvalue weighted by molar-refractivity contribution is 5.92. The van der Waals surface area contributed by atoms with Crippen LogP contribution >= 0.6 is 0 Å². The third kappa shape index (κ3) is 2.69. The summed E-state index contributed by atoms with van der Waals surface area (Å²) in [5, 5.41) is 0. The van der Waals surface area contributed by atoms with Crippen molar-refractivity contribution in [1.29, 1.82) is 0 Å². The van der Waals surface area contributed by atoms with Crippen molar-refractivity contribution in [2.45, 2.75) is 18.4 Å². The number of rotatable bonds is 1. The molecule has 1 aromatic rings. The number of morpholine rings is 1. The third-order valence-corrected chi connectivity index (χ3v) is 4.15. The molecule has 20 heavy (non-hydrogen) atoms. The smallest absolute Gasteiger partial charge is 0.272 e. The van der Waals surface area contributed by atoms with Gasteiger partial charge in [-0.1, -0.05) is 6.07 Å². The van der Waals surface area contributed by atoms with Gasteiger partial charge in [0.1, 0.15) is 5.69 Å². The van der Waals surface area contributed by atoms with E-state index in [1.54, 1.807) is 12.3 Å². The molecular weight excluding hydrogens is 254 g/mol. The maximum absolute atomic E-state index is 12.5. The molecule has 108 valence electrons. The van der Waals surface area contributed by atoms with Gasteiger partial charge in [0.15, 0.2) is 0 Å². The van der Waals surface area contributed by atoms with Gasteiger partial charge in [0, 0.05) is 25.8 Å². The van der Waals surface area contributed by atoms with Crippen molar-refractivity contribution in [3.63, 3.8) is 0 Å². The number of hydrogen-bond acceptors (Lipinski definition) is 4. The molecule has 1 amide bonds. The Balaban J connectivity index is 1.73. The Labute approximate surface area is 119 Å². The average Bonchev–Trinajstić information content (AvgIpc) is 2.47. The first-order chi connectivity index (χ1) is 9.69. The van der Waals surface area contributed by atoms with E-state index in [4.69, 9.17) is 4.74 Å². The zero-order valence-electron chi connectivity index (χ0n) is 11.9. The molecule has 1 spiro atoms. The molecule has 2 fully saturated rings. The molecule has 5 nitrogen and oxygen atoms in total. The summed E-state index contributed by atoms with van der Waals surface area (Å²) in [6.45, 7) is 4.09. The van der Waals surface area contributed by atoms with Crippen molar-refractivity contribution in [2.75, 3.05) is 39.8 Å². The number of hydrogen-bond donors (Lipinski definition) is 0. The van der Waals surface area contributed by atoms with E-state index in [0.717, 1.165) is 39.1 Å². The highest BCUT2D eigenvalue weighted by Gasteiger charge is 2.41. The van der Waals surface area contributed by atoms with Gasteiger partial charge >= 0.3 is 0 Å². The van der Waals surface area contributed by atoms with Crippen molar-refractivity contribution in [1.82, 2.24) is 14.8 Å². The second-order valence-electron chi connectivity index (χ2n) is 5.81. The number of nitrogens with zero attached hydrogens (tertiary/aromatic N) is 3. The van der Waals surface area contributed by atoms with Crippen LogP contribution in [0.3, 0.4) is 0 Å². The standard InChI is InChI=1S/C15H21N3O2/c1-17-9-10-20-15(11-17)6-4-8-18(12-15)14(19)13-5-2-3-7-16-13/h2-3,5,7H,4,6,8-12H2,1H3/t15-/m1/s1. The molecule has 0 aliphatic carbocycles. The molecule has 0 bridgehead atoms. The molecule has 2 saturated heterocycles. The van der Waals surface area contributed by atoms with Crippen LogP contribution in [-0.2, 0) is 4.74 Å². The van der Waals surface area contributed by atoms with Crippen LogP contribution in [0.4, 0.5) is 0 Å². The van der Waals surface area contributed by atoms with Gasteiger partial charge in [0.05, 0.1) is 18.8 Å². The van der Waals surface area contributed by atoms with E-state index in [1.807, 2.05) is 17.0 Å². The number of amides is 1. The summed E-state index contributed by atoms with van der Waals surface area (Å²) in [6.07, 6.45) is 3.69. The molecule has 3 rings (SSSR count). The van der Waals surface area contributed by atoms with Crippen molar-refractivity contribution >= 4 is 5.91 Å². The highest BCUT2D eigenvalue weighted by atomic mass is 16.5. The molecule has 5 heteroatoms. The minimum atomic E-state index is -0.185. The fraction of sp³-hybridized carbons (Fsp3) is 0.600. The van der Waals surface area contributed by atoms with Crippen molar-refractivity contribution < 1.29 is 9.53 Å². The zero-order chi connectivity index (χ0) is 14.0. The van der Waals surface area contributed by atoms with E-state index < -0.39 is 0 Å². The molecule has 0 aromatic carbocycles. The molecule has 0 N–H and O–H groups in total. The number of carbonyl (C=O) groups is 1. The van der Waals surface area contributed by atoms with Gasteiger partial charge in [-0.15, -0.1) is 0 Å². The maximum atomic E-state index is 12.5. The Morgan fingerprint density at radius 3 is 3.00 bits per heavy atom. The number of pyridine rings is 1. The van der Waals surface area contributed by atoms with Crippen molar-refractivity contribution in [3.05, 3.63) is 30.1 Å². The van der Waals surface area contributed by atoms with E-state index in [2.05, 4.69) is 16.9 Å². The van der Waals surface area contributed by atoms with Crippen molar-refractivity contribution in [3.8, 4) is 0 Å². The molecular formula is C15H21N3O2. The summed E-state index contributed by atoms with van der Waals surface area (Å²) in [6, 6.07) is 5.45. The van der Waals surface area contributed by atoms with Gasteiger partial charge in [-0.05, 0) is 32.0 Å². The predicted molar refractivity (Wildman–Crippen MR) is 75.6 cm³/mol. The number of likely N-dealkylation sites (N-methyl/N-ethyl adjacent to an activating group) is 1. The fourth-order valence-corrected chi connectivity index (χ4v) is 3.20. The minimum absolute atomic E-state index is 0.0153. The maximum Gasteiger partial charge on any atom is 0.272 e. The predicted octanol–water partition coefficient (Wildman–Crippen LogP) is 1.02. The Hall–Kier alpha value is -1.46. The molecule has 3 heterocycles. The first-order valence-electron chi connectivity index (χ1n) is 7.21. The number of aromatic nitrogens is 1. The SMILES string of the molecule is CN1CCO[C@]2(CCCN(C(=O)c3ccccn3)C2)C1. The van der Waals surface area contributed by atoms with E-state index in [-0.39, 0.29) is 11.5 Å². The van der Waals surface area contributed by atoms with Gasteiger partial charge in [0.2, 0.25) is 0 Å². The van der Waals surface area contributed by atoms with Crippen LogP contribution in [0.1, 0.15) is 23.3 Å². The largest absolute Gasteiger partial charge is 0.370 e. The number of ether oxygens (including phenoxy) is 1. The van der Waals surface area contributed by atoms with Crippen LogP contribution in [0.5, 0.6) is 0 Å². The van der Waals surface area contributed by atoms with Gasteiger partial charge in [-0.25, -0.2) is 0 Å². The Morgan fingerprint density at radius 2 is 2.25 bits per heavy atom. The van der Waals surface area contributed by atoms with Crippen molar-refractivity contribution in [2.24, 2.45) is 0 Å². The Morgan fingerprint density at radius 1 is 1.35 bits per heavy atom. The normalized spacial score (nSPS) is 27.8. The number of carbonyl (C=O) groups excluding carboxylic acids is 1. The molecule has 2 aliphatic heterocycles. The lowest BCUT2D eigenvalue weighted by Gasteiger charge is -2.47. The van der Waals surface area contributed by atoms with E-state index in [9.17, 15) is 4.79 Å². The second kappa shape index (κ2) is 5.50. The third-order valence-electron chi connectivity index (χ3n) is 4.15. The zero-order valence-corrected chi connectivity index (χ0v) is 11.9. The van der Waals surface area contributed by atoms with Gasteiger partial charge < -0.3 is 14.5 Å². The summed E-state index contributed by atoms with van der Waals surface area (Å²) in [4.78, 5) is 20.8. The summed E-state index contributed by atoms with van der Waals surface area (Å²) in [5.74, 6) is 0.0153. The Kier molecular flexibility index (Phi) is 3.72. The monoisotopic (exact) mass is 275 g/mol. The lowest BCUT2D eigenvalue weighted by molar-refractivity contribution is -0.129. The average molecular weight is 275 g/mol. The van der Waals surface area contributed by atoms with Crippen LogP contribution < -0.4 is 0 Å². The summed E-state index contributed by atoms with van der Waals surface area (Å²) < 4.78 is 6.04. The van der Waals surface area contributed by atoms with Crippen LogP contribution in [0.2, 0.25) is 0 Å². The minimum Gasteiger partial charge on any atom is -0.370 e. The molecule has 0 unspecified atom stereocenters. The fourth-order valence-electron chi connectivity index (χ4n) is 3.20. The number of likely N-dealkylation sites (tertiary alicyclic amines) is 1. The lowest BCUT2D eigenvalue weighted by Crippen LogP contribution is -2.59. The highest BCUT2D eigenvalue weighted by Crippen LogP contribution is 2.29.